The topological polar surface area (TPSA) is 98.5 Å². The highest BCUT2D eigenvalue weighted by molar-refractivity contribution is 5.95. The van der Waals surface area contributed by atoms with Crippen LogP contribution in [0.3, 0.4) is 0 Å². The minimum Gasteiger partial charge on any atom is -0.484 e. The average molecular weight is 314 g/mol. The van der Waals surface area contributed by atoms with E-state index < -0.39 is 10.8 Å². The van der Waals surface area contributed by atoms with Crippen molar-refractivity contribution in [1.82, 2.24) is 0 Å². The van der Waals surface area contributed by atoms with Crippen LogP contribution in [-0.2, 0) is 4.79 Å². The summed E-state index contributed by atoms with van der Waals surface area (Å²) in [5, 5.41) is 13.3. The molecule has 1 N–H and O–H groups in total. The van der Waals surface area contributed by atoms with Gasteiger partial charge in [-0.25, -0.2) is 0 Å². The van der Waals surface area contributed by atoms with Crippen molar-refractivity contribution in [2.75, 3.05) is 11.9 Å². The van der Waals surface area contributed by atoms with Gasteiger partial charge < -0.3 is 10.1 Å². The van der Waals surface area contributed by atoms with Crippen molar-refractivity contribution in [3.63, 3.8) is 0 Å². The number of Topliss-reactive ketones (excluding diaryl/α,β-unsaturated/α-hetero) is 1. The summed E-state index contributed by atoms with van der Waals surface area (Å²) in [4.78, 5) is 33.1. The Morgan fingerprint density at radius 1 is 1.17 bits per heavy atom. The second kappa shape index (κ2) is 7.17. The fourth-order valence-corrected chi connectivity index (χ4v) is 1.82. The van der Waals surface area contributed by atoms with E-state index in [4.69, 9.17) is 4.74 Å². The number of ether oxygens (including phenoxy) is 1. The molecule has 2 aromatic rings. The monoisotopic (exact) mass is 314 g/mol. The summed E-state index contributed by atoms with van der Waals surface area (Å²) in [6.07, 6.45) is 0. The van der Waals surface area contributed by atoms with E-state index in [0.29, 0.717) is 11.3 Å². The third-order valence-electron chi connectivity index (χ3n) is 2.97. The highest BCUT2D eigenvalue weighted by Crippen LogP contribution is 2.19. The number of hydrogen-bond donors (Lipinski definition) is 1. The van der Waals surface area contributed by atoms with Crippen LogP contribution in [0.1, 0.15) is 17.3 Å². The van der Waals surface area contributed by atoms with E-state index in [1.807, 2.05) is 0 Å². The number of nitrogens with one attached hydrogen (secondary N) is 1. The second-order valence-corrected chi connectivity index (χ2v) is 4.72. The number of amides is 1. The summed E-state index contributed by atoms with van der Waals surface area (Å²) >= 11 is 0. The summed E-state index contributed by atoms with van der Waals surface area (Å²) in [5.41, 5.74) is 0.973. The fourth-order valence-electron chi connectivity index (χ4n) is 1.82. The zero-order valence-electron chi connectivity index (χ0n) is 12.3. The predicted octanol–water partition coefficient (Wildman–Crippen LogP) is 2.81. The number of anilines is 1. The lowest BCUT2D eigenvalue weighted by Crippen LogP contribution is -2.20. The molecule has 7 heteroatoms. The first-order chi connectivity index (χ1) is 11.0. The minimum absolute atomic E-state index is 0.0584. The summed E-state index contributed by atoms with van der Waals surface area (Å²) in [6.45, 7) is 1.18. The van der Waals surface area contributed by atoms with E-state index in [2.05, 4.69) is 5.32 Å². The molecule has 0 bridgehead atoms. The van der Waals surface area contributed by atoms with Gasteiger partial charge in [0, 0.05) is 17.3 Å². The van der Waals surface area contributed by atoms with E-state index in [0.717, 1.165) is 0 Å². The molecule has 0 aliphatic heterocycles. The van der Waals surface area contributed by atoms with Crippen molar-refractivity contribution in [2.24, 2.45) is 0 Å². The van der Waals surface area contributed by atoms with E-state index in [1.54, 1.807) is 24.3 Å². The molecule has 23 heavy (non-hydrogen) atoms. The first-order valence-corrected chi connectivity index (χ1v) is 6.74. The van der Waals surface area contributed by atoms with E-state index in [1.165, 1.54) is 31.2 Å². The highest BCUT2D eigenvalue weighted by atomic mass is 16.6. The molecule has 0 atom stereocenters. The van der Waals surface area contributed by atoms with Gasteiger partial charge in [-0.15, -0.1) is 0 Å². The summed E-state index contributed by atoms with van der Waals surface area (Å²) < 4.78 is 5.22. The summed E-state index contributed by atoms with van der Waals surface area (Å²) in [7, 11) is 0. The van der Waals surface area contributed by atoms with Crippen LogP contribution >= 0.6 is 0 Å². The molecule has 0 aliphatic rings. The van der Waals surface area contributed by atoms with Gasteiger partial charge in [-0.3, -0.25) is 19.7 Å². The van der Waals surface area contributed by atoms with Crippen LogP contribution in [0.4, 0.5) is 11.4 Å². The molecule has 0 aliphatic carbocycles. The third-order valence-corrected chi connectivity index (χ3v) is 2.97. The van der Waals surface area contributed by atoms with E-state index in [-0.39, 0.29) is 23.8 Å². The molecule has 0 unspecified atom stereocenters. The molecule has 2 rings (SSSR count). The standard InChI is InChI=1S/C16H14N2O5/c1-11(19)12-5-7-13(8-6-12)17-16(20)10-23-15-4-2-3-14(9-15)18(21)22/h2-9H,10H2,1H3,(H,17,20). The number of carbonyl (C=O) groups is 2. The maximum absolute atomic E-state index is 11.8. The molecule has 118 valence electrons. The minimum atomic E-state index is -0.538. The Labute approximate surface area is 132 Å². The maximum atomic E-state index is 11.8. The number of rotatable bonds is 6. The number of nitro groups is 1. The molecule has 0 spiro atoms. The molecule has 0 fully saturated rings. The van der Waals surface area contributed by atoms with Crippen molar-refractivity contribution >= 4 is 23.1 Å². The Kier molecular flexibility index (Phi) is 5.03. The number of hydrogen-bond acceptors (Lipinski definition) is 5. The molecule has 7 nitrogen and oxygen atoms in total. The Hall–Kier alpha value is -3.22. The van der Waals surface area contributed by atoms with Crippen LogP contribution in [0.15, 0.2) is 48.5 Å². The van der Waals surface area contributed by atoms with Crippen LogP contribution in [0.25, 0.3) is 0 Å². The number of ketones is 1. The Bertz CT molecular complexity index is 740. The molecule has 0 heterocycles. The van der Waals surface area contributed by atoms with Crippen molar-refractivity contribution < 1.29 is 19.2 Å². The first kappa shape index (κ1) is 16.2. The van der Waals surface area contributed by atoms with Crippen LogP contribution in [0, 0.1) is 10.1 Å². The molecular weight excluding hydrogens is 300 g/mol. The van der Waals surface area contributed by atoms with E-state index >= 15 is 0 Å². The molecule has 0 saturated heterocycles. The Morgan fingerprint density at radius 3 is 2.48 bits per heavy atom. The maximum Gasteiger partial charge on any atom is 0.273 e. The van der Waals surface area contributed by atoms with Crippen molar-refractivity contribution in [1.29, 1.82) is 0 Å². The normalized spacial score (nSPS) is 9.96. The van der Waals surface area contributed by atoms with Gasteiger partial charge in [0.05, 0.1) is 11.0 Å². The Morgan fingerprint density at radius 2 is 1.87 bits per heavy atom. The molecule has 0 aromatic heterocycles. The molecule has 0 saturated carbocycles. The number of carbonyl (C=O) groups excluding carboxylic acids is 2. The second-order valence-electron chi connectivity index (χ2n) is 4.72. The van der Waals surface area contributed by atoms with Crippen molar-refractivity contribution in [3.8, 4) is 5.75 Å². The van der Waals surface area contributed by atoms with Gasteiger partial charge in [0.25, 0.3) is 11.6 Å². The SMILES string of the molecule is CC(=O)c1ccc(NC(=O)COc2cccc([N+](=O)[O-])c2)cc1. The molecular formula is C16H14N2O5. The zero-order valence-corrected chi connectivity index (χ0v) is 12.3. The van der Waals surface area contributed by atoms with Gasteiger partial charge in [0.1, 0.15) is 5.75 Å². The van der Waals surface area contributed by atoms with Crippen LogP contribution in [0.2, 0.25) is 0 Å². The van der Waals surface area contributed by atoms with Gasteiger partial charge in [0.15, 0.2) is 12.4 Å². The summed E-state index contributed by atoms with van der Waals surface area (Å²) in [5.74, 6) is -0.231. The lowest BCUT2D eigenvalue weighted by Gasteiger charge is -2.07. The predicted molar refractivity (Wildman–Crippen MR) is 83.7 cm³/mol. The molecule has 1 amide bonds. The highest BCUT2D eigenvalue weighted by Gasteiger charge is 2.08. The van der Waals surface area contributed by atoms with Crippen molar-refractivity contribution in [3.05, 3.63) is 64.2 Å². The quantitative estimate of drug-likeness (QED) is 0.502. The first-order valence-electron chi connectivity index (χ1n) is 6.74. The number of nitrogens with zero attached hydrogens (tertiary/aromatic N) is 1. The fraction of sp³-hybridized carbons (Fsp3) is 0.125. The van der Waals surface area contributed by atoms with Gasteiger partial charge in [-0.1, -0.05) is 6.07 Å². The largest absolute Gasteiger partial charge is 0.484 e. The van der Waals surface area contributed by atoms with Gasteiger partial charge in [-0.05, 0) is 37.3 Å². The van der Waals surface area contributed by atoms with Crippen LogP contribution < -0.4 is 10.1 Å². The Balaban J connectivity index is 1.91. The number of non-ortho nitro benzene ring substituents is 1. The van der Waals surface area contributed by atoms with Gasteiger partial charge in [-0.2, -0.15) is 0 Å². The average Bonchev–Trinajstić information content (AvgIpc) is 2.53. The van der Waals surface area contributed by atoms with Gasteiger partial charge >= 0.3 is 0 Å². The smallest absolute Gasteiger partial charge is 0.273 e. The van der Waals surface area contributed by atoms with Gasteiger partial charge in [0.2, 0.25) is 0 Å². The lowest BCUT2D eigenvalue weighted by atomic mass is 10.1. The summed E-state index contributed by atoms with van der Waals surface area (Å²) in [6, 6.07) is 12.0. The zero-order chi connectivity index (χ0) is 16.8. The number of nitro benzene ring substituents is 1. The van der Waals surface area contributed by atoms with Crippen LogP contribution in [0.5, 0.6) is 5.75 Å². The molecule has 0 radical (unpaired) electrons. The molecule has 2 aromatic carbocycles. The van der Waals surface area contributed by atoms with E-state index in [9.17, 15) is 19.7 Å². The van der Waals surface area contributed by atoms with Crippen molar-refractivity contribution in [2.45, 2.75) is 6.92 Å². The lowest BCUT2D eigenvalue weighted by molar-refractivity contribution is -0.384. The van der Waals surface area contributed by atoms with Crippen LogP contribution in [-0.4, -0.2) is 23.2 Å². The third kappa shape index (κ3) is 4.63. The number of benzene rings is 2.